The first-order valence-corrected chi connectivity index (χ1v) is 44.8. The first-order chi connectivity index (χ1) is 57.3. The molecule has 3 saturated carbocycles. The van der Waals surface area contributed by atoms with Crippen LogP contribution in [0, 0.1) is 64.3 Å². The number of nitrogens with zero attached hydrogens (tertiary/aromatic N) is 8. The molecule has 4 aromatic rings. The molecule has 0 radical (unpaired) electrons. The van der Waals surface area contributed by atoms with Crippen molar-refractivity contribution < 1.29 is 77.6 Å². The van der Waals surface area contributed by atoms with Crippen molar-refractivity contribution in [1.82, 2.24) is 19.6 Å². The lowest BCUT2D eigenvalue weighted by Crippen LogP contribution is -2.46. The van der Waals surface area contributed by atoms with Gasteiger partial charge in [-0.05, 0) is 251 Å². The summed E-state index contributed by atoms with van der Waals surface area (Å²) in [6, 6.07) is 13.0. The van der Waals surface area contributed by atoms with Gasteiger partial charge in [-0.25, -0.2) is 39.5 Å². The molecule has 6 atom stereocenters. The molecule has 6 bridgehead atoms. The fourth-order valence-corrected chi connectivity index (χ4v) is 20.7. The molecule has 7 saturated heterocycles. The number of hydrogen-bond donors (Lipinski definition) is 0. The first kappa shape index (κ1) is 86.2. The highest BCUT2D eigenvalue weighted by atomic mass is 19.2. The van der Waals surface area contributed by atoms with Gasteiger partial charge < -0.3 is 43.4 Å². The molecule has 118 heavy (non-hydrogen) atoms. The molecular weight excluding hydrogens is 1530 g/mol. The molecule has 11 aliphatic heterocycles. The van der Waals surface area contributed by atoms with E-state index in [1.54, 1.807) is 19.6 Å². The average molecular weight is 1650 g/mol. The standard InChI is InChI=1S/C25H32F2N2O2.C23H29F3N2O2.C23H30F2N2O2.C22H30F2N2O2/c26-22-14-19-4-7-25(30)29(24(19)15-23(22)27)10-1-9-28-20-5-6-21(28)13-18(12-20)8-11-31-16-17-2-3-17;24-7-11-30-10-6-16-12-18-3-4-19(13-16)27(18)8-1-9-28-22-15-21(26)20(25)14-17(22)2-5-23(28)29;24-20-10-16-4-7-23(28)27(22(16)13-21(20)25)9-1-8-26-17-5-6-18(26)12-19(11-17)29-14-15-2-3-15;23-19-13-17-5-6-22(27)26(21(17)14-20(19)24)10-2-9-25-11-7-18(8-12-25)28-15-16-3-1-4-16/h8,14-15,17,20-21H,1-7,9-13,16H2;6,14-15,18-19H,1-5,7-13H2;10,13,15,17-19H,1-9,11-12,14H2;13-14,16,18H,1-12,15H2. The second-order valence-electron chi connectivity index (χ2n) is 35.9. The lowest BCUT2D eigenvalue weighted by atomic mass is 9.86. The normalized spacial score (nSPS) is 25.2. The monoisotopic (exact) mass is 1650 g/mol. The van der Waals surface area contributed by atoms with Crippen molar-refractivity contribution in [2.75, 3.05) is 131 Å². The van der Waals surface area contributed by atoms with Crippen molar-refractivity contribution in [3.05, 3.63) is 141 Å². The zero-order valence-electron chi connectivity index (χ0n) is 68.7. The molecule has 16 nitrogen and oxygen atoms in total. The minimum Gasteiger partial charge on any atom is -0.378 e. The van der Waals surface area contributed by atoms with Crippen molar-refractivity contribution in [2.45, 2.75) is 260 Å². The summed E-state index contributed by atoms with van der Waals surface area (Å²) in [5.41, 5.74) is 7.99. The van der Waals surface area contributed by atoms with Crippen molar-refractivity contribution in [1.29, 1.82) is 0 Å². The van der Waals surface area contributed by atoms with Gasteiger partial charge in [0.1, 0.15) is 6.67 Å². The van der Waals surface area contributed by atoms with Crippen molar-refractivity contribution in [2.24, 2.45) is 17.8 Å². The first-order valence-electron chi connectivity index (χ1n) is 44.8. The van der Waals surface area contributed by atoms with Crippen LogP contribution < -0.4 is 19.6 Å². The van der Waals surface area contributed by atoms with E-state index >= 15 is 0 Å². The van der Waals surface area contributed by atoms with Crippen LogP contribution in [0.25, 0.3) is 0 Å². The Labute approximate surface area is 690 Å². The van der Waals surface area contributed by atoms with Gasteiger partial charge in [-0.1, -0.05) is 29.7 Å². The number of likely N-dealkylation sites (tertiary alicyclic amines) is 1. The number of fused-ring (bicyclic) bond motifs is 10. The van der Waals surface area contributed by atoms with Crippen LogP contribution in [0.15, 0.2) is 71.8 Å². The molecule has 4 amide bonds. The molecule has 11 heterocycles. The number of benzene rings is 4. The maximum absolute atomic E-state index is 13.8. The van der Waals surface area contributed by atoms with E-state index in [9.17, 15) is 58.7 Å². The average Bonchev–Trinajstić information content (AvgIpc) is 1.32. The van der Waals surface area contributed by atoms with Gasteiger partial charge in [-0.15, -0.1) is 0 Å². The number of amides is 4. The summed E-state index contributed by atoms with van der Waals surface area (Å²) in [4.78, 5) is 66.4. The molecule has 3 aliphatic carbocycles. The number of aryl methyl sites for hydroxylation is 4. The fraction of sp³-hybridized carbons (Fsp3) is 0.656. The van der Waals surface area contributed by atoms with Gasteiger partial charge >= 0.3 is 0 Å². The van der Waals surface area contributed by atoms with E-state index in [4.69, 9.17) is 18.9 Å². The maximum atomic E-state index is 13.8. The Hall–Kier alpha value is -6.71. The van der Waals surface area contributed by atoms with Crippen molar-refractivity contribution >= 4 is 46.4 Å². The molecule has 14 aliphatic rings. The van der Waals surface area contributed by atoms with Crippen LogP contribution in [0.4, 0.5) is 62.3 Å². The summed E-state index contributed by atoms with van der Waals surface area (Å²) < 4.78 is 145. The molecule has 4 aromatic carbocycles. The largest absolute Gasteiger partial charge is 0.378 e. The van der Waals surface area contributed by atoms with Gasteiger partial charge in [0.2, 0.25) is 23.6 Å². The molecule has 18 rings (SSSR count). The van der Waals surface area contributed by atoms with E-state index < -0.39 is 53.2 Å². The lowest BCUT2D eigenvalue weighted by Gasteiger charge is -2.39. The SMILES string of the molecule is O=C1CCc2cc(F)c(F)cc2N1CCCN1C2CCC1CC(=CCOCC1CC1)C2.O=C1CCc2cc(F)c(F)cc2N1CCCN1C2CCC1CC(=CCOCCF)C2.O=C1CCc2cc(F)c(F)cc2N1CCCN1C2CCC1CC(OCC1CC1)C2.O=C1CCc2cc(F)c(F)cc2N1CCCN1CCC(OCC2CCC2)CC1. The number of rotatable bonds is 30. The van der Waals surface area contributed by atoms with Gasteiger partial charge in [0.25, 0.3) is 0 Å². The van der Waals surface area contributed by atoms with Crippen LogP contribution in [-0.4, -0.2) is 203 Å². The molecule has 10 fully saturated rings. The van der Waals surface area contributed by atoms with Crippen LogP contribution in [-0.2, 0) is 63.8 Å². The van der Waals surface area contributed by atoms with Gasteiger partial charge in [-0.3, -0.25) is 33.9 Å². The maximum Gasteiger partial charge on any atom is 0.227 e. The number of alkyl halides is 1. The second kappa shape index (κ2) is 40.5. The van der Waals surface area contributed by atoms with E-state index in [0.717, 1.165) is 183 Å². The summed E-state index contributed by atoms with van der Waals surface area (Å²) in [6.45, 7) is 11.7. The van der Waals surface area contributed by atoms with Gasteiger partial charge in [0.05, 0.1) is 32.0 Å². The summed E-state index contributed by atoms with van der Waals surface area (Å²) in [5.74, 6) is -4.49. The number of piperidine rings is 4. The van der Waals surface area contributed by atoms with Gasteiger partial charge in [0.15, 0.2) is 46.5 Å². The number of ether oxygens (including phenoxy) is 4. The smallest absolute Gasteiger partial charge is 0.227 e. The van der Waals surface area contributed by atoms with Crippen LogP contribution in [0.2, 0.25) is 0 Å². The van der Waals surface area contributed by atoms with E-state index in [2.05, 4.69) is 31.8 Å². The summed E-state index contributed by atoms with van der Waals surface area (Å²) in [6.07, 6.45) is 37.2. The summed E-state index contributed by atoms with van der Waals surface area (Å²) in [5, 5.41) is 0. The highest BCUT2D eigenvalue weighted by Crippen LogP contribution is 2.44. The summed E-state index contributed by atoms with van der Waals surface area (Å²) >= 11 is 0. The van der Waals surface area contributed by atoms with E-state index in [1.165, 1.54) is 137 Å². The molecule has 25 heteroatoms. The highest BCUT2D eigenvalue weighted by Gasteiger charge is 2.44. The Morgan fingerprint density at radius 1 is 0.339 bits per heavy atom. The molecule has 644 valence electrons. The third-order valence-electron chi connectivity index (χ3n) is 27.8. The lowest BCUT2D eigenvalue weighted by molar-refractivity contribution is -0.119. The Bertz CT molecular complexity index is 4160. The number of halogens is 9. The number of hydrogen-bond acceptors (Lipinski definition) is 12. The number of carbonyl (C=O) groups is 4. The zero-order valence-corrected chi connectivity index (χ0v) is 68.7. The van der Waals surface area contributed by atoms with E-state index in [0.29, 0.717) is 161 Å². The zero-order chi connectivity index (χ0) is 81.9. The predicted octanol–water partition coefficient (Wildman–Crippen LogP) is 16.8. The third-order valence-corrected chi connectivity index (χ3v) is 27.8. The quantitative estimate of drug-likeness (QED) is 0.0280. The molecular formula is C93H121F9N8O8. The Morgan fingerprint density at radius 3 is 1.02 bits per heavy atom. The highest BCUT2D eigenvalue weighted by molar-refractivity contribution is 5.98. The van der Waals surface area contributed by atoms with Crippen molar-refractivity contribution in [3.8, 4) is 0 Å². The van der Waals surface area contributed by atoms with E-state index in [1.807, 2.05) is 0 Å². The molecule has 6 unspecified atom stereocenters. The third kappa shape index (κ3) is 22.0. The van der Waals surface area contributed by atoms with Crippen LogP contribution in [0.3, 0.4) is 0 Å². The Morgan fingerprint density at radius 2 is 0.661 bits per heavy atom. The molecule has 0 N–H and O–H groups in total. The topological polar surface area (TPSA) is 131 Å². The molecule has 0 spiro atoms. The van der Waals surface area contributed by atoms with Gasteiger partial charge in [0, 0.05) is 188 Å². The Kier molecular flexibility index (Phi) is 29.6. The minimum absolute atomic E-state index is 0.00149. The minimum atomic E-state index is -0.905. The fourth-order valence-electron chi connectivity index (χ4n) is 20.7. The van der Waals surface area contributed by atoms with Crippen LogP contribution in [0.5, 0.6) is 0 Å². The second-order valence-corrected chi connectivity index (χ2v) is 35.9. The number of anilines is 4. The summed E-state index contributed by atoms with van der Waals surface area (Å²) in [7, 11) is 0. The van der Waals surface area contributed by atoms with Gasteiger partial charge in [-0.2, -0.15) is 0 Å². The van der Waals surface area contributed by atoms with E-state index in [-0.39, 0.29) is 30.2 Å². The Balaban J connectivity index is 0.000000123. The number of carbonyl (C=O) groups excluding carboxylic acids is 4. The van der Waals surface area contributed by atoms with Crippen molar-refractivity contribution in [3.63, 3.8) is 0 Å². The van der Waals surface area contributed by atoms with Crippen LogP contribution >= 0.6 is 0 Å². The molecule has 0 aromatic heterocycles. The van der Waals surface area contributed by atoms with Crippen LogP contribution in [0.1, 0.15) is 208 Å². The predicted molar refractivity (Wildman–Crippen MR) is 437 cm³/mol.